The number of fused-ring (bicyclic) bond motifs is 1. The molecule has 11 heteroatoms. The predicted octanol–water partition coefficient (Wildman–Crippen LogP) is 5.80. The molecule has 3 heterocycles. The lowest BCUT2D eigenvalue weighted by molar-refractivity contribution is 0.0815. The first-order valence-corrected chi connectivity index (χ1v) is 17.9. The van der Waals surface area contributed by atoms with Crippen molar-refractivity contribution in [3.05, 3.63) is 100 Å². The number of rotatable bonds is 12. The smallest absolute Gasteiger partial charge is 0.251 e. The average molecular weight is 601 g/mol. The number of pyridine rings is 1. The number of nitrogens with zero attached hydrogens (tertiary/aromatic N) is 6. The molecule has 0 N–H and O–H groups in total. The minimum Gasteiger partial charge on any atom is -0.497 e. The summed E-state index contributed by atoms with van der Waals surface area (Å²) < 4.78 is 29.1. The van der Waals surface area contributed by atoms with E-state index in [0.29, 0.717) is 47.0 Å². The molecule has 3 aromatic heterocycles. The van der Waals surface area contributed by atoms with Crippen molar-refractivity contribution in [2.75, 3.05) is 25.7 Å². The van der Waals surface area contributed by atoms with Crippen LogP contribution in [0, 0.1) is 5.82 Å². The van der Waals surface area contributed by atoms with Crippen LogP contribution in [0.15, 0.2) is 77.9 Å². The van der Waals surface area contributed by atoms with Crippen molar-refractivity contribution in [3.8, 4) is 17.0 Å². The number of ether oxygens (including phenoxy) is 2. The average Bonchev–Trinajstić information content (AvgIpc) is 3.36. The van der Waals surface area contributed by atoms with E-state index in [1.807, 2.05) is 48.3 Å². The first-order chi connectivity index (χ1) is 20.6. The minimum atomic E-state index is -1.26. The third-order valence-electron chi connectivity index (χ3n) is 7.15. The van der Waals surface area contributed by atoms with Crippen LogP contribution < -0.4 is 15.2 Å². The second-order valence-corrected chi connectivity index (χ2v) is 17.4. The molecule has 0 aliphatic carbocycles. The molecule has 0 bridgehead atoms. The van der Waals surface area contributed by atoms with Gasteiger partial charge in [-0.3, -0.25) is 4.79 Å². The fraction of sp³-hybridized carbons (Fsp3) is 0.312. The number of aromatic nitrogens is 5. The molecule has 0 fully saturated rings. The molecule has 0 spiro atoms. The molecule has 2 aromatic carbocycles. The molecular weight excluding hydrogens is 563 g/mol. The number of benzene rings is 2. The fourth-order valence-corrected chi connectivity index (χ4v) is 5.48. The first kappa shape index (κ1) is 30.1. The van der Waals surface area contributed by atoms with Crippen LogP contribution in [-0.4, -0.2) is 53.2 Å². The summed E-state index contributed by atoms with van der Waals surface area (Å²) in [5.41, 5.74) is 3.10. The van der Waals surface area contributed by atoms with E-state index in [0.717, 1.165) is 17.4 Å². The Morgan fingerprint density at radius 1 is 1.05 bits per heavy atom. The highest BCUT2D eigenvalue weighted by molar-refractivity contribution is 6.76. The van der Waals surface area contributed by atoms with Crippen LogP contribution in [0.3, 0.4) is 0 Å². The Bertz CT molecular complexity index is 1760. The summed E-state index contributed by atoms with van der Waals surface area (Å²) in [6.07, 6.45) is 3.41. The summed E-state index contributed by atoms with van der Waals surface area (Å²) in [5.74, 6) is 0.982. The number of hydrogen-bond acceptors (Lipinski definition) is 7. The number of halogens is 1. The first-order valence-electron chi connectivity index (χ1n) is 14.2. The summed E-state index contributed by atoms with van der Waals surface area (Å²) in [7, 11) is 2.31. The van der Waals surface area contributed by atoms with Gasteiger partial charge in [0.1, 0.15) is 29.5 Å². The maximum atomic E-state index is 14.9. The standard InChI is InChI=1S/C32H37FN6O3Si/c1-37(20-23-9-11-26(41-2)12-10-23)32-34-15-13-25(35-32)21-38-16-14-24(19-29(38)40)30-27-7-6-8-28(33)31(27)39(36-30)22-42-17-18-43(3,4)5/h6-16,19H,17-18,20-22H2,1-5H3. The van der Waals surface area contributed by atoms with E-state index in [-0.39, 0.29) is 24.7 Å². The van der Waals surface area contributed by atoms with Crippen molar-refractivity contribution in [2.24, 2.45) is 0 Å². The molecule has 0 aliphatic heterocycles. The van der Waals surface area contributed by atoms with Crippen LogP contribution in [0.4, 0.5) is 10.3 Å². The van der Waals surface area contributed by atoms with E-state index in [1.165, 1.54) is 12.1 Å². The Labute approximate surface area is 251 Å². The molecule has 0 saturated heterocycles. The quantitative estimate of drug-likeness (QED) is 0.132. The largest absolute Gasteiger partial charge is 0.497 e. The summed E-state index contributed by atoms with van der Waals surface area (Å²) in [6, 6.07) is 18.9. The SMILES string of the molecule is COc1ccc(CN(C)c2nccc(Cn3ccc(-c4nn(COCC[Si](C)(C)C)c5c(F)cccc45)cc3=O)n2)cc1. The van der Waals surface area contributed by atoms with Gasteiger partial charge in [0.2, 0.25) is 5.95 Å². The second kappa shape index (κ2) is 12.9. The van der Waals surface area contributed by atoms with Crippen molar-refractivity contribution < 1.29 is 13.9 Å². The van der Waals surface area contributed by atoms with Gasteiger partial charge in [0, 0.05) is 57.7 Å². The van der Waals surface area contributed by atoms with E-state index >= 15 is 0 Å². The van der Waals surface area contributed by atoms with Crippen LogP contribution in [0.2, 0.25) is 25.7 Å². The number of anilines is 1. The Morgan fingerprint density at radius 2 is 1.84 bits per heavy atom. The van der Waals surface area contributed by atoms with Crippen LogP contribution in [-0.2, 0) is 24.6 Å². The van der Waals surface area contributed by atoms with Crippen LogP contribution in [0.25, 0.3) is 22.2 Å². The maximum absolute atomic E-state index is 14.9. The monoisotopic (exact) mass is 600 g/mol. The van der Waals surface area contributed by atoms with Gasteiger partial charge in [-0.2, -0.15) is 5.10 Å². The normalized spacial score (nSPS) is 11.7. The molecular formula is C32H37FN6O3Si. The molecule has 5 aromatic rings. The van der Waals surface area contributed by atoms with Gasteiger partial charge < -0.3 is 18.9 Å². The Balaban J connectivity index is 1.33. The van der Waals surface area contributed by atoms with Crippen molar-refractivity contribution in [1.82, 2.24) is 24.3 Å². The highest BCUT2D eigenvalue weighted by Crippen LogP contribution is 2.29. The van der Waals surface area contributed by atoms with Gasteiger partial charge in [0.25, 0.3) is 5.56 Å². The van der Waals surface area contributed by atoms with Gasteiger partial charge >= 0.3 is 0 Å². The van der Waals surface area contributed by atoms with E-state index in [4.69, 9.17) is 9.47 Å². The zero-order chi connectivity index (χ0) is 30.6. The van der Waals surface area contributed by atoms with E-state index in [9.17, 15) is 9.18 Å². The highest BCUT2D eigenvalue weighted by atomic mass is 28.3. The molecule has 9 nitrogen and oxygen atoms in total. The highest BCUT2D eigenvalue weighted by Gasteiger charge is 2.18. The van der Waals surface area contributed by atoms with Gasteiger partial charge in [-0.1, -0.05) is 43.9 Å². The van der Waals surface area contributed by atoms with Crippen molar-refractivity contribution in [2.45, 2.75) is 45.5 Å². The van der Waals surface area contributed by atoms with Gasteiger partial charge in [-0.05, 0) is 41.9 Å². The molecule has 0 atom stereocenters. The zero-order valence-corrected chi connectivity index (χ0v) is 26.2. The molecule has 5 rings (SSSR count). The molecule has 0 aliphatic rings. The van der Waals surface area contributed by atoms with Gasteiger partial charge in [0.15, 0.2) is 0 Å². The zero-order valence-electron chi connectivity index (χ0n) is 25.2. The van der Waals surface area contributed by atoms with Crippen molar-refractivity contribution >= 4 is 24.9 Å². The molecule has 0 radical (unpaired) electrons. The van der Waals surface area contributed by atoms with E-state index < -0.39 is 8.07 Å². The number of para-hydroxylation sites is 1. The summed E-state index contributed by atoms with van der Waals surface area (Å²) >= 11 is 0. The molecule has 43 heavy (non-hydrogen) atoms. The Hall–Kier alpha value is -4.35. The number of methoxy groups -OCH3 is 1. The van der Waals surface area contributed by atoms with Crippen LogP contribution >= 0.6 is 0 Å². The molecule has 0 amide bonds. The summed E-state index contributed by atoms with van der Waals surface area (Å²) in [5, 5.41) is 5.30. The minimum absolute atomic E-state index is 0.141. The third kappa shape index (κ3) is 7.36. The van der Waals surface area contributed by atoms with Crippen LogP contribution in [0.5, 0.6) is 5.75 Å². The van der Waals surface area contributed by atoms with Crippen molar-refractivity contribution in [1.29, 1.82) is 0 Å². The van der Waals surface area contributed by atoms with Crippen molar-refractivity contribution in [3.63, 3.8) is 0 Å². The topological polar surface area (TPSA) is 87.3 Å². The lowest BCUT2D eigenvalue weighted by Gasteiger charge is -2.18. The third-order valence-corrected chi connectivity index (χ3v) is 8.86. The van der Waals surface area contributed by atoms with Crippen LogP contribution in [0.1, 0.15) is 11.3 Å². The second-order valence-electron chi connectivity index (χ2n) is 11.8. The molecule has 0 saturated carbocycles. The van der Waals surface area contributed by atoms with Gasteiger partial charge in [-0.15, -0.1) is 0 Å². The van der Waals surface area contributed by atoms with Gasteiger partial charge in [0.05, 0.1) is 19.3 Å². The predicted molar refractivity (Wildman–Crippen MR) is 170 cm³/mol. The Kier molecular flexibility index (Phi) is 9.02. The lowest BCUT2D eigenvalue weighted by atomic mass is 10.1. The molecule has 0 unspecified atom stereocenters. The maximum Gasteiger partial charge on any atom is 0.251 e. The Morgan fingerprint density at radius 3 is 2.56 bits per heavy atom. The van der Waals surface area contributed by atoms with E-state index in [2.05, 4.69) is 34.7 Å². The summed E-state index contributed by atoms with van der Waals surface area (Å²) in [4.78, 5) is 24.3. The van der Waals surface area contributed by atoms with E-state index in [1.54, 1.807) is 40.9 Å². The molecule has 224 valence electrons. The summed E-state index contributed by atoms with van der Waals surface area (Å²) in [6.45, 7) is 8.48. The lowest BCUT2D eigenvalue weighted by Crippen LogP contribution is -2.22. The fourth-order valence-electron chi connectivity index (χ4n) is 4.72. The number of hydrogen-bond donors (Lipinski definition) is 0. The van der Waals surface area contributed by atoms with Gasteiger partial charge in [-0.25, -0.2) is 19.0 Å².